The fourth-order valence-electron chi connectivity index (χ4n) is 6.20. The number of piperidine rings is 1. The van der Waals surface area contributed by atoms with Crippen molar-refractivity contribution in [2.45, 2.75) is 71.9 Å². The van der Waals surface area contributed by atoms with Crippen molar-refractivity contribution in [1.82, 2.24) is 10.2 Å². The highest BCUT2D eigenvalue weighted by molar-refractivity contribution is 5.81. The topological polar surface area (TPSA) is 65.1 Å². The first-order valence-electron chi connectivity index (χ1n) is 16.1. The highest BCUT2D eigenvalue weighted by atomic mass is 16.6. The lowest BCUT2D eigenvalue weighted by Gasteiger charge is -2.37. The van der Waals surface area contributed by atoms with Crippen molar-refractivity contribution in [1.29, 1.82) is 0 Å². The van der Waals surface area contributed by atoms with Crippen LogP contribution in [0.25, 0.3) is 0 Å². The SMILES string of the molecule is Cc1ccc(C(NC(=O)Cc2cc(N3CCN(C(=O)OC(C)(C)C)CC3)ccc2C)c2ccccc2)c(N2CCCCC2)c1. The third kappa shape index (κ3) is 7.93. The fourth-order valence-corrected chi connectivity index (χ4v) is 6.20. The Morgan fingerprint density at radius 2 is 1.52 bits per heavy atom. The molecule has 44 heavy (non-hydrogen) atoms. The van der Waals surface area contributed by atoms with Crippen molar-refractivity contribution in [3.8, 4) is 0 Å². The maximum atomic E-state index is 13.8. The van der Waals surface area contributed by atoms with Gasteiger partial charge in [-0.3, -0.25) is 4.79 Å². The molecule has 1 unspecified atom stereocenters. The number of carbonyl (C=O) groups excluding carboxylic acids is 2. The summed E-state index contributed by atoms with van der Waals surface area (Å²) in [6.45, 7) is 14.6. The highest BCUT2D eigenvalue weighted by Gasteiger charge is 2.27. The van der Waals surface area contributed by atoms with Crippen molar-refractivity contribution in [3.63, 3.8) is 0 Å². The molecular weight excluding hydrogens is 548 g/mol. The number of hydrogen-bond donors (Lipinski definition) is 1. The number of ether oxygens (including phenoxy) is 1. The third-order valence-electron chi connectivity index (χ3n) is 8.61. The van der Waals surface area contributed by atoms with Gasteiger partial charge in [-0.05, 0) is 94.3 Å². The summed E-state index contributed by atoms with van der Waals surface area (Å²) in [5.74, 6) is -0.000910. The van der Waals surface area contributed by atoms with E-state index >= 15 is 0 Å². The van der Waals surface area contributed by atoms with Crippen LogP contribution < -0.4 is 15.1 Å². The minimum absolute atomic E-state index is 0.000910. The van der Waals surface area contributed by atoms with Gasteiger partial charge in [-0.25, -0.2) is 4.79 Å². The molecule has 2 fully saturated rings. The van der Waals surface area contributed by atoms with Crippen LogP contribution in [-0.2, 0) is 16.0 Å². The van der Waals surface area contributed by atoms with Crippen LogP contribution in [0.15, 0.2) is 66.7 Å². The van der Waals surface area contributed by atoms with E-state index in [0.29, 0.717) is 19.5 Å². The van der Waals surface area contributed by atoms with Crippen molar-refractivity contribution >= 4 is 23.4 Å². The van der Waals surface area contributed by atoms with Crippen LogP contribution in [0.1, 0.15) is 73.9 Å². The third-order valence-corrected chi connectivity index (χ3v) is 8.61. The standard InChI is InChI=1S/C37H48N4O3/c1-27-14-17-32(33(24-27)40-18-10-7-11-19-40)35(29-12-8-6-9-13-29)38-34(42)26-30-25-31(16-15-28(30)2)39-20-22-41(23-21-39)36(43)44-37(3,4)5/h6,8-9,12-17,24-25,35H,7,10-11,18-23,26H2,1-5H3,(H,38,42). The Hall–Kier alpha value is -4.00. The zero-order valence-electron chi connectivity index (χ0n) is 27.1. The molecule has 7 nitrogen and oxygen atoms in total. The number of piperazine rings is 1. The lowest BCUT2D eigenvalue weighted by molar-refractivity contribution is -0.120. The van der Waals surface area contributed by atoms with Gasteiger partial charge in [0.2, 0.25) is 5.91 Å². The van der Waals surface area contributed by atoms with E-state index in [1.807, 2.05) is 39.0 Å². The summed E-state index contributed by atoms with van der Waals surface area (Å²) in [6.07, 6.45) is 3.70. The summed E-state index contributed by atoms with van der Waals surface area (Å²) in [5, 5.41) is 3.42. The molecule has 0 aromatic heterocycles. The molecule has 0 aliphatic carbocycles. The molecule has 3 aromatic rings. The summed E-state index contributed by atoms with van der Waals surface area (Å²) in [5.41, 5.74) is 7.36. The van der Waals surface area contributed by atoms with E-state index in [0.717, 1.165) is 54.1 Å². The molecule has 2 aliphatic rings. The summed E-state index contributed by atoms with van der Waals surface area (Å²) in [7, 11) is 0. The van der Waals surface area contributed by atoms with Crippen molar-refractivity contribution in [2.75, 3.05) is 49.1 Å². The molecule has 0 spiro atoms. The van der Waals surface area contributed by atoms with Crippen LogP contribution in [0, 0.1) is 13.8 Å². The molecule has 2 aliphatic heterocycles. The molecule has 234 valence electrons. The van der Waals surface area contributed by atoms with E-state index < -0.39 is 5.60 Å². The first-order chi connectivity index (χ1) is 21.1. The number of hydrogen-bond acceptors (Lipinski definition) is 5. The number of rotatable bonds is 7. The molecule has 1 N–H and O–H groups in total. The van der Waals surface area contributed by atoms with Crippen LogP contribution in [0.3, 0.4) is 0 Å². The first-order valence-corrected chi connectivity index (χ1v) is 16.1. The monoisotopic (exact) mass is 596 g/mol. The average molecular weight is 597 g/mol. The van der Waals surface area contributed by atoms with Gasteiger partial charge >= 0.3 is 6.09 Å². The van der Waals surface area contributed by atoms with Gasteiger partial charge in [0.05, 0.1) is 12.5 Å². The number of anilines is 2. The average Bonchev–Trinajstić information content (AvgIpc) is 3.01. The first kappa shape index (κ1) is 31.4. The van der Waals surface area contributed by atoms with Crippen molar-refractivity contribution in [3.05, 3.63) is 94.5 Å². The maximum absolute atomic E-state index is 13.8. The Labute approximate surface area is 263 Å². The van der Waals surface area contributed by atoms with Crippen LogP contribution in [0.2, 0.25) is 0 Å². The lowest BCUT2D eigenvalue weighted by atomic mass is 9.94. The number of amides is 2. The van der Waals surface area contributed by atoms with E-state index in [1.54, 1.807) is 4.90 Å². The normalized spacial score (nSPS) is 16.4. The van der Waals surface area contributed by atoms with E-state index in [-0.39, 0.29) is 18.0 Å². The molecule has 3 aromatic carbocycles. The van der Waals surface area contributed by atoms with E-state index in [1.165, 1.54) is 30.5 Å². The maximum Gasteiger partial charge on any atom is 0.410 e. The van der Waals surface area contributed by atoms with Crippen molar-refractivity contribution in [2.24, 2.45) is 0 Å². The molecule has 0 saturated carbocycles. The Bertz CT molecular complexity index is 1430. The second-order valence-corrected chi connectivity index (χ2v) is 13.3. The summed E-state index contributed by atoms with van der Waals surface area (Å²) >= 11 is 0. The van der Waals surface area contributed by atoms with Crippen LogP contribution in [0.4, 0.5) is 16.2 Å². The predicted octanol–water partition coefficient (Wildman–Crippen LogP) is 6.80. The molecule has 0 radical (unpaired) electrons. The van der Waals surface area contributed by atoms with E-state index in [2.05, 4.69) is 77.5 Å². The minimum atomic E-state index is -0.505. The highest BCUT2D eigenvalue weighted by Crippen LogP contribution is 2.34. The van der Waals surface area contributed by atoms with Gasteiger partial charge in [-0.15, -0.1) is 0 Å². The summed E-state index contributed by atoms with van der Waals surface area (Å²) in [4.78, 5) is 32.9. The smallest absolute Gasteiger partial charge is 0.410 e. The Morgan fingerprint density at radius 3 is 2.20 bits per heavy atom. The zero-order chi connectivity index (χ0) is 31.3. The number of nitrogens with zero attached hydrogens (tertiary/aromatic N) is 3. The second-order valence-electron chi connectivity index (χ2n) is 13.3. The van der Waals surface area contributed by atoms with E-state index in [9.17, 15) is 9.59 Å². The van der Waals surface area contributed by atoms with Gasteiger partial charge in [0.15, 0.2) is 0 Å². The molecule has 5 rings (SSSR count). The summed E-state index contributed by atoms with van der Waals surface area (Å²) in [6, 6.07) is 23.0. The van der Waals surface area contributed by atoms with Crippen LogP contribution in [0.5, 0.6) is 0 Å². The van der Waals surface area contributed by atoms with Crippen molar-refractivity contribution < 1.29 is 14.3 Å². The van der Waals surface area contributed by atoms with Gasteiger partial charge < -0.3 is 24.8 Å². The summed E-state index contributed by atoms with van der Waals surface area (Å²) < 4.78 is 5.56. The van der Waals surface area contributed by atoms with E-state index in [4.69, 9.17) is 4.74 Å². The number of aryl methyl sites for hydroxylation is 2. The van der Waals surface area contributed by atoms with Gasteiger partial charge in [0, 0.05) is 56.2 Å². The number of nitrogens with one attached hydrogen (secondary N) is 1. The largest absolute Gasteiger partial charge is 0.444 e. The van der Waals surface area contributed by atoms with Crippen LogP contribution >= 0.6 is 0 Å². The zero-order valence-corrected chi connectivity index (χ0v) is 27.1. The predicted molar refractivity (Wildman–Crippen MR) is 179 cm³/mol. The second kappa shape index (κ2) is 13.7. The molecule has 2 amide bonds. The molecular formula is C37H48N4O3. The number of benzene rings is 3. The Morgan fingerprint density at radius 1 is 0.818 bits per heavy atom. The molecule has 1 atom stereocenters. The molecule has 7 heteroatoms. The van der Waals surface area contributed by atoms with Gasteiger partial charge in [0.25, 0.3) is 0 Å². The molecule has 0 bridgehead atoms. The van der Waals surface area contributed by atoms with Crippen LogP contribution in [-0.4, -0.2) is 61.8 Å². The van der Waals surface area contributed by atoms with Gasteiger partial charge in [-0.1, -0.05) is 48.5 Å². The minimum Gasteiger partial charge on any atom is -0.444 e. The lowest BCUT2D eigenvalue weighted by Crippen LogP contribution is -2.50. The molecule has 2 saturated heterocycles. The van der Waals surface area contributed by atoms with Gasteiger partial charge in [0.1, 0.15) is 5.60 Å². The fraction of sp³-hybridized carbons (Fsp3) is 0.459. The quantitative estimate of drug-likeness (QED) is 0.325. The molecule has 2 heterocycles. The number of carbonyl (C=O) groups is 2. The Balaban J connectivity index is 1.32. The Kier molecular flexibility index (Phi) is 9.82. The van der Waals surface area contributed by atoms with Gasteiger partial charge in [-0.2, -0.15) is 0 Å².